The Hall–Kier alpha value is -1.95. The molecule has 1 aliphatic carbocycles. The van der Waals surface area contributed by atoms with Crippen LogP contribution in [0.3, 0.4) is 0 Å². The molecule has 3 heterocycles. The maximum Gasteiger partial charge on any atom is 0.225 e. The number of ether oxygens (including phenoxy) is 1. The smallest absolute Gasteiger partial charge is 0.225 e. The van der Waals surface area contributed by atoms with Crippen LogP contribution in [0.1, 0.15) is 12.8 Å². The van der Waals surface area contributed by atoms with Gasteiger partial charge in [0, 0.05) is 43.8 Å². The van der Waals surface area contributed by atoms with Crippen molar-refractivity contribution < 1.29 is 4.74 Å². The van der Waals surface area contributed by atoms with E-state index >= 15 is 0 Å². The molecular formula is C15H19N5O. The summed E-state index contributed by atoms with van der Waals surface area (Å²) in [6.07, 6.45) is 10.0. The largest absolute Gasteiger partial charge is 0.374 e. The van der Waals surface area contributed by atoms with E-state index in [1.54, 1.807) is 0 Å². The zero-order chi connectivity index (χ0) is 14.1. The van der Waals surface area contributed by atoms with Crippen LogP contribution in [0.4, 0.5) is 5.95 Å². The molecule has 2 aromatic heterocycles. The maximum absolute atomic E-state index is 6.08. The molecule has 0 N–H and O–H groups in total. The molecule has 0 radical (unpaired) electrons. The molecule has 0 bridgehead atoms. The van der Waals surface area contributed by atoms with Crippen LogP contribution in [0.5, 0.6) is 0 Å². The van der Waals surface area contributed by atoms with Crippen molar-refractivity contribution in [2.24, 2.45) is 5.92 Å². The molecule has 2 fully saturated rings. The topological polar surface area (TPSA) is 56.1 Å². The van der Waals surface area contributed by atoms with Gasteiger partial charge in [0.2, 0.25) is 5.95 Å². The molecule has 2 aliphatic rings. The van der Waals surface area contributed by atoms with Crippen LogP contribution in [0.25, 0.3) is 0 Å². The number of aromatic nitrogens is 4. The molecule has 1 saturated heterocycles. The van der Waals surface area contributed by atoms with Crippen molar-refractivity contribution in [3.63, 3.8) is 0 Å². The Morgan fingerprint density at radius 1 is 1.14 bits per heavy atom. The van der Waals surface area contributed by atoms with Gasteiger partial charge in [-0.25, -0.2) is 9.97 Å². The first-order chi connectivity index (χ1) is 10.4. The average molecular weight is 285 g/mol. The van der Waals surface area contributed by atoms with Crippen LogP contribution >= 0.6 is 0 Å². The van der Waals surface area contributed by atoms with Gasteiger partial charge in [0.1, 0.15) is 0 Å². The highest BCUT2D eigenvalue weighted by Gasteiger charge is 2.43. The summed E-state index contributed by atoms with van der Waals surface area (Å²) in [4.78, 5) is 11.1. The number of nitrogens with zero attached hydrogens (tertiary/aromatic N) is 5. The third-order valence-corrected chi connectivity index (χ3v) is 4.51. The van der Waals surface area contributed by atoms with Crippen LogP contribution in [0.15, 0.2) is 36.9 Å². The van der Waals surface area contributed by atoms with Crippen molar-refractivity contribution in [3.05, 3.63) is 36.9 Å². The second-order valence-corrected chi connectivity index (χ2v) is 5.71. The fourth-order valence-corrected chi connectivity index (χ4v) is 3.59. The quantitative estimate of drug-likeness (QED) is 0.852. The van der Waals surface area contributed by atoms with Crippen molar-refractivity contribution in [1.29, 1.82) is 0 Å². The van der Waals surface area contributed by atoms with Gasteiger partial charge in [-0.1, -0.05) is 0 Å². The first kappa shape index (κ1) is 12.8. The summed E-state index contributed by atoms with van der Waals surface area (Å²) in [6, 6.07) is 4.22. The van der Waals surface area contributed by atoms with Crippen molar-refractivity contribution >= 4 is 5.95 Å². The molecule has 21 heavy (non-hydrogen) atoms. The second-order valence-electron chi connectivity index (χ2n) is 5.71. The summed E-state index contributed by atoms with van der Waals surface area (Å²) in [5.41, 5.74) is 0. The number of hydrogen-bond acceptors (Lipinski definition) is 5. The highest BCUT2D eigenvalue weighted by Crippen LogP contribution is 2.36. The predicted octanol–water partition coefficient (Wildman–Crippen LogP) is 1.36. The monoisotopic (exact) mass is 285 g/mol. The summed E-state index contributed by atoms with van der Waals surface area (Å²) in [5.74, 6) is 1.34. The lowest BCUT2D eigenvalue weighted by molar-refractivity contribution is -0.00688. The highest BCUT2D eigenvalue weighted by molar-refractivity contribution is 5.33. The zero-order valence-corrected chi connectivity index (χ0v) is 11.9. The summed E-state index contributed by atoms with van der Waals surface area (Å²) in [5, 5.41) is 4.32. The van der Waals surface area contributed by atoms with E-state index in [9.17, 15) is 0 Å². The van der Waals surface area contributed by atoms with Crippen molar-refractivity contribution in [1.82, 2.24) is 19.7 Å². The Labute approximate surface area is 123 Å². The molecule has 1 saturated carbocycles. The lowest BCUT2D eigenvalue weighted by Crippen LogP contribution is -2.51. The van der Waals surface area contributed by atoms with Gasteiger partial charge >= 0.3 is 0 Å². The van der Waals surface area contributed by atoms with Crippen LogP contribution in [0, 0.1) is 5.92 Å². The van der Waals surface area contributed by atoms with E-state index in [1.165, 1.54) is 6.42 Å². The molecule has 1 aliphatic heterocycles. The molecule has 0 aromatic carbocycles. The van der Waals surface area contributed by atoms with Crippen LogP contribution in [-0.4, -0.2) is 45.0 Å². The maximum atomic E-state index is 6.08. The molecule has 110 valence electrons. The van der Waals surface area contributed by atoms with Crippen LogP contribution < -0.4 is 4.90 Å². The van der Waals surface area contributed by atoms with Gasteiger partial charge < -0.3 is 9.64 Å². The van der Waals surface area contributed by atoms with E-state index in [-0.39, 0.29) is 6.10 Å². The minimum absolute atomic E-state index is 0.256. The minimum atomic E-state index is 0.256. The third kappa shape index (κ3) is 2.40. The highest BCUT2D eigenvalue weighted by atomic mass is 16.5. The minimum Gasteiger partial charge on any atom is -0.374 e. The summed E-state index contributed by atoms with van der Waals surface area (Å²) in [6.45, 7) is 2.55. The van der Waals surface area contributed by atoms with Crippen LogP contribution in [0.2, 0.25) is 0 Å². The van der Waals surface area contributed by atoms with E-state index < -0.39 is 0 Å². The SMILES string of the molecule is c1cnc(N2CCOC3C(Cn4cccn4)CCC32)nc1. The van der Waals surface area contributed by atoms with Crippen molar-refractivity contribution in [2.45, 2.75) is 31.5 Å². The Morgan fingerprint density at radius 3 is 2.86 bits per heavy atom. The van der Waals surface area contributed by atoms with Gasteiger partial charge in [0.25, 0.3) is 0 Å². The lowest BCUT2D eigenvalue weighted by Gasteiger charge is -2.39. The Kier molecular flexibility index (Phi) is 3.31. The molecule has 0 spiro atoms. The molecular weight excluding hydrogens is 266 g/mol. The first-order valence-corrected chi connectivity index (χ1v) is 7.54. The molecule has 3 atom stereocenters. The fourth-order valence-electron chi connectivity index (χ4n) is 3.59. The summed E-state index contributed by atoms with van der Waals surface area (Å²) < 4.78 is 8.08. The molecule has 0 amide bonds. The molecule has 3 unspecified atom stereocenters. The Balaban J connectivity index is 1.52. The molecule has 6 heteroatoms. The number of anilines is 1. The Morgan fingerprint density at radius 2 is 2.05 bits per heavy atom. The molecule has 2 aromatic rings. The molecule has 4 rings (SSSR count). The van der Waals surface area contributed by atoms with E-state index in [2.05, 4.69) is 20.0 Å². The second kappa shape index (κ2) is 5.44. The number of morpholine rings is 1. The zero-order valence-electron chi connectivity index (χ0n) is 11.9. The number of fused-ring (bicyclic) bond motifs is 1. The third-order valence-electron chi connectivity index (χ3n) is 4.51. The van der Waals surface area contributed by atoms with E-state index in [1.807, 2.05) is 41.6 Å². The Bertz CT molecular complexity index is 573. The van der Waals surface area contributed by atoms with Crippen molar-refractivity contribution in [2.75, 3.05) is 18.1 Å². The van der Waals surface area contributed by atoms with Gasteiger partial charge in [-0.2, -0.15) is 5.10 Å². The van der Waals surface area contributed by atoms with E-state index in [0.29, 0.717) is 12.0 Å². The van der Waals surface area contributed by atoms with Gasteiger partial charge in [-0.15, -0.1) is 0 Å². The molecule has 6 nitrogen and oxygen atoms in total. The normalized spacial score (nSPS) is 28.6. The average Bonchev–Trinajstić information content (AvgIpc) is 3.19. The summed E-state index contributed by atoms with van der Waals surface area (Å²) in [7, 11) is 0. The van der Waals surface area contributed by atoms with Gasteiger partial charge in [0.15, 0.2) is 0 Å². The predicted molar refractivity (Wildman–Crippen MR) is 77.9 cm³/mol. The standard InChI is InChI=1S/C15H19N5O/c1-5-16-15(17-6-1)20-9-10-21-14-12(3-4-13(14)20)11-19-8-2-7-18-19/h1-2,5-8,12-14H,3-4,9-11H2. The van der Waals surface area contributed by atoms with E-state index in [0.717, 1.165) is 32.1 Å². The fraction of sp³-hybridized carbons (Fsp3) is 0.533. The summed E-state index contributed by atoms with van der Waals surface area (Å²) >= 11 is 0. The number of hydrogen-bond donors (Lipinski definition) is 0. The first-order valence-electron chi connectivity index (χ1n) is 7.54. The lowest BCUT2D eigenvalue weighted by atomic mass is 10.0. The number of rotatable bonds is 3. The van der Waals surface area contributed by atoms with Crippen LogP contribution in [-0.2, 0) is 11.3 Å². The van der Waals surface area contributed by atoms with E-state index in [4.69, 9.17) is 4.74 Å². The van der Waals surface area contributed by atoms with Gasteiger partial charge in [-0.05, 0) is 25.0 Å². The van der Waals surface area contributed by atoms with Gasteiger partial charge in [-0.3, -0.25) is 4.68 Å². The van der Waals surface area contributed by atoms with Crippen molar-refractivity contribution in [3.8, 4) is 0 Å². The van der Waals surface area contributed by atoms with Gasteiger partial charge in [0.05, 0.1) is 18.8 Å².